The second kappa shape index (κ2) is 12.0. The zero-order chi connectivity index (χ0) is 23.3. The lowest BCUT2D eigenvalue weighted by molar-refractivity contribution is -0.689. The lowest BCUT2D eigenvalue weighted by atomic mass is 10.2. The third kappa shape index (κ3) is 7.82. The first-order chi connectivity index (χ1) is 15.1. The highest BCUT2D eigenvalue weighted by atomic mass is 79.9. The molecule has 0 aliphatic heterocycles. The van der Waals surface area contributed by atoms with Crippen LogP contribution in [-0.4, -0.2) is 20.9 Å². The molecule has 1 aromatic heterocycles. The van der Waals surface area contributed by atoms with Crippen LogP contribution in [0.5, 0.6) is 5.75 Å². The molecule has 0 aliphatic rings. The fraction of sp³-hybridized carbons (Fsp3) is 0.143. The molecule has 1 heterocycles. The lowest BCUT2D eigenvalue weighted by Crippen LogP contribution is -3.00. The number of carbonyl (C=O) groups excluding carboxylic acids is 1. The van der Waals surface area contributed by atoms with Gasteiger partial charge in [0, 0.05) is 24.2 Å². The smallest absolute Gasteiger partial charge is 0.332 e. The van der Waals surface area contributed by atoms with Crippen LogP contribution in [0.4, 0.5) is 3.89 Å². The van der Waals surface area contributed by atoms with E-state index in [-0.39, 0.29) is 53.2 Å². The quantitative estimate of drug-likeness (QED) is 0.314. The molecule has 0 atom stereocenters. The normalized spacial score (nSPS) is 10.9. The molecule has 1 N–H and O–H groups in total. The molecule has 0 aliphatic carbocycles. The third-order valence-corrected chi connectivity index (χ3v) is 6.35. The van der Waals surface area contributed by atoms with Crippen LogP contribution >= 0.6 is 34.8 Å². The molecule has 12 heteroatoms. The average Bonchev–Trinajstić information content (AvgIpc) is 2.74. The van der Waals surface area contributed by atoms with E-state index in [9.17, 15) is 17.1 Å². The number of aromatic nitrogens is 1. The van der Waals surface area contributed by atoms with Crippen molar-refractivity contribution in [2.45, 2.75) is 18.0 Å². The number of hydrogen-bond acceptors (Lipinski definition) is 4. The van der Waals surface area contributed by atoms with Gasteiger partial charge in [0.05, 0.1) is 20.6 Å². The molecule has 3 rings (SSSR count). The summed E-state index contributed by atoms with van der Waals surface area (Å²) < 4.78 is 43.5. The molecule has 0 radical (unpaired) electrons. The number of nitrogens with one attached hydrogen (secondary N) is 1. The van der Waals surface area contributed by atoms with E-state index in [4.69, 9.17) is 39.5 Å². The Kier molecular flexibility index (Phi) is 9.93. The topological polar surface area (TPSA) is 76.3 Å². The van der Waals surface area contributed by atoms with Crippen molar-refractivity contribution in [3.05, 3.63) is 87.1 Å². The van der Waals surface area contributed by atoms with Gasteiger partial charge in [0.2, 0.25) is 0 Å². The van der Waals surface area contributed by atoms with Gasteiger partial charge in [0.25, 0.3) is 5.91 Å². The number of nitrogens with zero attached hydrogens (tertiary/aromatic N) is 1. The highest BCUT2D eigenvalue weighted by molar-refractivity contribution is 7.86. The SMILES string of the molecule is O=C(COc1ccc(Cl)c(Cl)c1)NCc1ccc[n+](Cc2c(Cl)cccc2S(=O)(=O)F)c1.[Br-]. The summed E-state index contributed by atoms with van der Waals surface area (Å²) in [4.78, 5) is 11.6. The van der Waals surface area contributed by atoms with Gasteiger partial charge in [-0.15, -0.1) is 3.89 Å². The molecule has 1 amide bonds. The molecule has 0 bridgehead atoms. The van der Waals surface area contributed by atoms with E-state index in [1.807, 2.05) is 0 Å². The van der Waals surface area contributed by atoms with Crippen LogP contribution in [-0.2, 0) is 28.1 Å². The zero-order valence-corrected chi connectivity index (χ0v) is 21.4. The standard InChI is InChI=1S/C21H16Cl3FN2O4S.BrH/c22-17-4-1-5-20(32(25,29)30)16(17)12-27-8-2-3-14(11-27)10-26-21(28)13-31-15-6-7-18(23)19(24)9-15;/h1-9,11H,10,12-13H2;1H. The summed E-state index contributed by atoms with van der Waals surface area (Å²) in [7, 11) is -4.93. The van der Waals surface area contributed by atoms with Crippen molar-refractivity contribution in [3.8, 4) is 5.75 Å². The minimum Gasteiger partial charge on any atom is -1.00 e. The van der Waals surface area contributed by atoms with Gasteiger partial charge in [-0.05, 0) is 30.3 Å². The fourth-order valence-corrected chi connectivity index (χ4v) is 4.14. The Morgan fingerprint density at radius 2 is 1.79 bits per heavy atom. The predicted molar refractivity (Wildman–Crippen MR) is 119 cm³/mol. The maximum Gasteiger partial charge on any atom is 0.332 e. The molecule has 0 saturated carbocycles. The van der Waals surface area contributed by atoms with E-state index < -0.39 is 15.1 Å². The molecule has 0 spiro atoms. The number of hydrogen-bond donors (Lipinski definition) is 1. The summed E-state index contributed by atoms with van der Waals surface area (Å²) in [6, 6.07) is 12.2. The van der Waals surface area contributed by atoms with Crippen LogP contribution in [0.15, 0.2) is 65.8 Å². The van der Waals surface area contributed by atoms with E-state index in [0.29, 0.717) is 15.8 Å². The van der Waals surface area contributed by atoms with Crippen LogP contribution < -0.4 is 31.6 Å². The molecule has 6 nitrogen and oxygen atoms in total. The average molecular weight is 599 g/mol. The Hall–Kier alpha value is -1.91. The molecule has 0 saturated heterocycles. The van der Waals surface area contributed by atoms with Crippen molar-refractivity contribution in [2.75, 3.05) is 6.61 Å². The van der Waals surface area contributed by atoms with Crippen molar-refractivity contribution < 1.29 is 43.4 Å². The first-order valence-corrected chi connectivity index (χ1v) is 11.7. The maximum absolute atomic E-state index is 13.6. The first-order valence-electron chi connectivity index (χ1n) is 9.18. The van der Waals surface area contributed by atoms with Crippen molar-refractivity contribution >= 4 is 50.9 Å². The van der Waals surface area contributed by atoms with Gasteiger partial charge >= 0.3 is 10.2 Å². The molecule has 0 unspecified atom stereocenters. The monoisotopic (exact) mass is 596 g/mol. The number of halogens is 5. The first kappa shape index (κ1) is 27.3. The number of amides is 1. The number of ether oxygens (including phenoxy) is 1. The second-order valence-electron chi connectivity index (χ2n) is 6.68. The summed E-state index contributed by atoms with van der Waals surface area (Å²) in [5.41, 5.74) is 0.866. The lowest BCUT2D eigenvalue weighted by Gasteiger charge is -2.09. The Labute approximate surface area is 216 Å². The van der Waals surface area contributed by atoms with Crippen LogP contribution in [0, 0.1) is 0 Å². The van der Waals surface area contributed by atoms with Crippen molar-refractivity contribution in [2.24, 2.45) is 0 Å². The predicted octanol–water partition coefficient (Wildman–Crippen LogP) is 1.34. The van der Waals surface area contributed by atoms with E-state index >= 15 is 0 Å². The van der Waals surface area contributed by atoms with Crippen molar-refractivity contribution in [3.63, 3.8) is 0 Å². The van der Waals surface area contributed by atoms with Gasteiger partial charge < -0.3 is 27.0 Å². The van der Waals surface area contributed by atoms with Gasteiger partial charge in [-0.3, -0.25) is 4.79 Å². The number of carbonyl (C=O) groups is 1. The molecule has 2 aromatic carbocycles. The van der Waals surface area contributed by atoms with Gasteiger partial charge in [0.15, 0.2) is 25.5 Å². The van der Waals surface area contributed by atoms with Gasteiger partial charge in [-0.2, -0.15) is 8.42 Å². The Morgan fingerprint density at radius 3 is 2.48 bits per heavy atom. The number of benzene rings is 2. The summed E-state index contributed by atoms with van der Waals surface area (Å²) in [6.07, 6.45) is 3.37. The van der Waals surface area contributed by atoms with Crippen LogP contribution in [0.1, 0.15) is 11.1 Å². The second-order valence-corrected chi connectivity index (χ2v) is 9.22. The van der Waals surface area contributed by atoms with Crippen LogP contribution in [0.25, 0.3) is 0 Å². The molecule has 0 fully saturated rings. The maximum atomic E-state index is 13.6. The zero-order valence-electron chi connectivity index (χ0n) is 16.8. The van der Waals surface area contributed by atoms with Gasteiger partial charge in [-0.1, -0.05) is 40.9 Å². The van der Waals surface area contributed by atoms with Gasteiger partial charge in [-0.25, -0.2) is 4.57 Å². The molecular weight excluding hydrogens is 582 g/mol. The largest absolute Gasteiger partial charge is 1.00 e. The Balaban J connectivity index is 0.00000385. The minimum absolute atomic E-state index is 0. The van der Waals surface area contributed by atoms with E-state index in [1.54, 1.807) is 41.2 Å². The Bertz CT molecular complexity index is 1260. The summed E-state index contributed by atoms with van der Waals surface area (Å²) >= 11 is 17.9. The summed E-state index contributed by atoms with van der Waals surface area (Å²) in [5, 5.41) is 3.55. The van der Waals surface area contributed by atoms with E-state index in [1.165, 1.54) is 18.2 Å². The highest BCUT2D eigenvalue weighted by Crippen LogP contribution is 2.26. The number of pyridine rings is 1. The minimum atomic E-state index is -4.93. The molecule has 33 heavy (non-hydrogen) atoms. The summed E-state index contributed by atoms with van der Waals surface area (Å²) in [5.74, 6) is 0.0499. The van der Waals surface area contributed by atoms with Crippen LogP contribution in [0.2, 0.25) is 15.1 Å². The van der Waals surface area contributed by atoms with Crippen molar-refractivity contribution in [1.82, 2.24) is 5.32 Å². The van der Waals surface area contributed by atoms with Crippen molar-refractivity contribution in [1.29, 1.82) is 0 Å². The molecule has 3 aromatic rings. The van der Waals surface area contributed by atoms with E-state index in [2.05, 4.69) is 5.32 Å². The molecule has 176 valence electrons. The third-order valence-electron chi connectivity index (χ3n) is 4.35. The Morgan fingerprint density at radius 1 is 1.03 bits per heavy atom. The van der Waals surface area contributed by atoms with Crippen LogP contribution in [0.3, 0.4) is 0 Å². The highest BCUT2D eigenvalue weighted by Gasteiger charge is 2.22. The summed E-state index contributed by atoms with van der Waals surface area (Å²) in [6.45, 7) is 0.00368. The fourth-order valence-electron chi connectivity index (χ4n) is 2.85. The van der Waals surface area contributed by atoms with Gasteiger partial charge in [0.1, 0.15) is 10.6 Å². The number of rotatable bonds is 8. The van der Waals surface area contributed by atoms with E-state index in [0.717, 1.165) is 11.6 Å². The molecular formula is C21H17BrCl3FN2O4S.